The molecule has 0 saturated heterocycles. The highest BCUT2D eigenvalue weighted by Crippen LogP contribution is 2.37. The lowest BCUT2D eigenvalue weighted by atomic mass is 10.1. The average molecular weight is 425 g/mol. The van der Waals surface area contributed by atoms with Crippen LogP contribution in [-0.4, -0.2) is 42.7 Å². The maximum absolute atomic E-state index is 13.3. The van der Waals surface area contributed by atoms with Crippen LogP contribution in [0.1, 0.15) is 5.69 Å². The molecule has 0 radical (unpaired) electrons. The molecule has 29 heavy (non-hydrogen) atoms. The largest absolute Gasteiger partial charge is 0.486 e. The molecule has 2 aromatic heterocycles. The van der Waals surface area contributed by atoms with Gasteiger partial charge in [0.15, 0.2) is 32.8 Å². The number of sulfone groups is 1. The summed E-state index contributed by atoms with van der Waals surface area (Å²) in [4.78, 5) is 3.93. The van der Waals surface area contributed by atoms with Crippen molar-refractivity contribution in [2.45, 2.75) is 11.1 Å². The number of rotatable bonds is 3. The highest BCUT2D eigenvalue weighted by Gasteiger charge is 2.35. The molecule has 0 bridgehead atoms. The van der Waals surface area contributed by atoms with Gasteiger partial charge in [-0.15, -0.1) is 0 Å². The van der Waals surface area contributed by atoms with E-state index in [4.69, 9.17) is 9.47 Å². The van der Waals surface area contributed by atoms with Crippen LogP contribution < -0.4 is 9.47 Å². The van der Waals surface area contributed by atoms with E-state index in [9.17, 15) is 21.6 Å². The van der Waals surface area contributed by atoms with Gasteiger partial charge in [0.25, 0.3) is 0 Å². The van der Waals surface area contributed by atoms with E-state index in [0.29, 0.717) is 30.3 Å². The number of benzene rings is 1. The molecule has 1 aliphatic rings. The summed E-state index contributed by atoms with van der Waals surface area (Å²) in [6.45, 7) is 0.719. The van der Waals surface area contributed by atoms with Crippen molar-refractivity contribution >= 4 is 9.84 Å². The van der Waals surface area contributed by atoms with Gasteiger partial charge in [0, 0.05) is 18.0 Å². The summed E-state index contributed by atoms with van der Waals surface area (Å²) in [6, 6.07) is 8.22. The summed E-state index contributed by atoms with van der Waals surface area (Å²) in [7, 11) is -3.49. The summed E-state index contributed by atoms with van der Waals surface area (Å²) in [5.74, 6) is 0.950. The van der Waals surface area contributed by atoms with Crippen molar-refractivity contribution in [1.29, 1.82) is 0 Å². The summed E-state index contributed by atoms with van der Waals surface area (Å²) >= 11 is 0. The minimum atomic E-state index is -4.67. The topological polar surface area (TPSA) is 83.3 Å². The zero-order valence-corrected chi connectivity index (χ0v) is 15.8. The molecule has 3 aromatic rings. The molecule has 11 heteroatoms. The van der Waals surface area contributed by atoms with Crippen LogP contribution in [0.5, 0.6) is 11.5 Å². The molecule has 7 nitrogen and oxygen atoms in total. The SMILES string of the molecule is CS(=O)(=O)c1ccc(-n2nc(C(F)(F)F)cc2-c2ccc3c(c2)OCCO3)nc1. The lowest BCUT2D eigenvalue weighted by molar-refractivity contribution is -0.141. The number of alkyl halides is 3. The third-order valence-electron chi connectivity index (χ3n) is 4.20. The van der Waals surface area contributed by atoms with Gasteiger partial charge >= 0.3 is 6.18 Å². The second kappa shape index (κ2) is 6.76. The van der Waals surface area contributed by atoms with Crippen molar-refractivity contribution in [1.82, 2.24) is 14.8 Å². The van der Waals surface area contributed by atoms with E-state index in [2.05, 4.69) is 10.1 Å². The van der Waals surface area contributed by atoms with Gasteiger partial charge in [-0.05, 0) is 36.4 Å². The number of aromatic nitrogens is 3. The van der Waals surface area contributed by atoms with Crippen molar-refractivity contribution in [3.63, 3.8) is 0 Å². The highest BCUT2D eigenvalue weighted by molar-refractivity contribution is 7.90. The molecule has 0 fully saturated rings. The highest BCUT2D eigenvalue weighted by atomic mass is 32.2. The molecular weight excluding hydrogens is 411 g/mol. The Kier molecular flexibility index (Phi) is 4.49. The zero-order chi connectivity index (χ0) is 20.8. The molecule has 1 aliphatic heterocycles. The van der Waals surface area contributed by atoms with Gasteiger partial charge in [-0.2, -0.15) is 18.3 Å². The number of hydrogen-bond donors (Lipinski definition) is 0. The molecule has 3 heterocycles. The number of pyridine rings is 1. The Morgan fingerprint density at radius 3 is 2.38 bits per heavy atom. The maximum Gasteiger partial charge on any atom is 0.435 e. The first-order valence-electron chi connectivity index (χ1n) is 8.37. The molecular formula is C18H14F3N3O4S. The van der Waals surface area contributed by atoms with E-state index >= 15 is 0 Å². The fourth-order valence-corrected chi connectivity index (χ4v) is 3.38. The van der Waals surface area contributed by atoms with Crippen LogP contribution in [0.3, 0.4) is 0 Å². The second-order valence-corrected chi connectivity index (χ2v) is 8.32. The molecule has 0 aliphatic carbocycles. The molecule has 152 valence electrons. The third-order valence-corrected chi connectivity index (χ3v) is 5.30. The summed E-state index contributed by atoms with van der Waals surface area (Å²) in [6.07, 6.45) is -2.58. The van der Waals surface area contributed by atoms with E-state index in [1.165, 1.54) is 12.1 Å². The van der Waals surface area contributed by atoms with Gasteiger partial charge in [-0.1, -0.05) is 0 Å². The first-order valence-corrected chi connectivity index (χ1v) is 10.3. The number of hydrogen-bond acceptors (Lipinski definition) is 6. The standard InChI is InChI=1S/C18H14F3N3O4S/c1-29(25,26)12-3-5-17(22-10-12)24-13(9-16(23-24)18(19,20)21)11-2-4-14-15(8-11)28-7-6-27-14/h2-5,8-10H,6-7H2,1H3. The Morgan fingerprint density at radius 2 is 1.76 bits per heavy atom. The van der Waals surface area contributed by atoms with Crippen LogP contribution in [0.4, 0.5) is 13.2 Å². The number of nitrogens with zero attached hydrogens (tertiary/aromatic N) is 3. The van der Waals surface area contributed by atoms with E-state index in [1.54, 1.807) is 18.2 Å². The first-order chi connectivity index (χ1) is 13.6. The first kappa shape index (κ1) is 19.2. The minimum absolute atomic E-state index is 0.0396. The quantitative estimate of drug-likeness (QED) is 0.641. The maximum atomic E-state index is 13.3. The number of fused-ring (bicyclic) bond motifs is 1. The Labute approximate surface area is 163 Å². The Balaban J connectivity index is 1.85. The van der Waals surface area contributed by atoms with Crippen molar-refractivity contribution in [3.8, 4) is 28.6 Å². The third kappa shape index (κ3) is 3.77. The predicted molar refractivity (Wildman–Crippen MR) is 95.9 cm³/mol. The van der Waals surface area contributed by atoms with Gasteiger partial charge in [-0.25, -0.2) is 18.1 Å². The Morgan fingerprint density at radius 1 is 1.03 bits per heavy atom. The molecule has 0 atom stereocenters. The fourth-order valence-electron chi connectivity index (χ4n) is 2.82. The monoisotopic (exact) mass is 425 g/mol. The van der Waals surface area contributed by atoms with Crippen LogP contribution in [0, 0.1) is 0 Å². The van der Waals surface area contributed by atoms with Gasteiger partial charge in [-0.3, -0.25) is 0 Å². The molecule has 0 amide bonds. The zero-order valence-electron chi connectivity index (χ0n) is 15.0. The predicted octanol–water partition coefficient (Wildman–Crippen LogP) is 3.13. The molecule has 0 saturated carbocycles. The molecule has 0 N–H and O–H groups in total. The number of ether oxygens (including phenoxy) is 2. The van der Waals surface area contributed by atoms with Crippen LogP contribution in [0.2, 0.25) is 0 Å². The van der Waals surface area contributed by atoms with Gasteiger partial charge in [0.05, 0.1) is 10.6 Å². The van der Waals surface area contributed by atoms with Crippen LogP contribution in [-0.2, 0) is 16.0 Å². The van der Waals surface area contributed by atoms with Gasteiger partial charge in [0.1, 0.15) is 13.2 Å². The Hall–Kier alpha value is -3.08. The molecule has 0 unspecified atom stereocenters. The fraction of sp³-hybridized carbons (Fsp3) is 0.222. The average Bonchev–Trinajstić information content (AvgIpc) is 3.13. The van der Waals surface area contributed by atoms with E-state index in [-0.39, 0.29) is 16.4 Å². The van der Waals surface area contributed by atoms with E-state index < -0.39 is 21.7 Å². The summed E-state index contributed by atoms with van der Waals surface area (Å²) in [5, 5.41) is 3.64. The van der Waals surface area contributed by atoms with Crippen molar-refractivity contribution < 1.29 is 31.1 Å². The molecule has 0 spiro atoms. The van der Waals surface area contributed by atoms with Crippen LogP contribution >= 0.6 is 0 Å². The molecule has 4 rings (SSSR count). The summed E-state index contributed by atoms with van der Waals surface area (Å²) < 4.78 is 75.0. The smallest absolute Gasteiger partial charge is 0.435 e. The lowest BCUT2D eigenvalue weighted by Crippen LogP contribution is -2.15. The number of halogens is 3. The molecule has 1 aromatic carbocycles. The van der Waals surface area contributed by atoms with E-state index in [1.807, 2.05) is 0 Å². The Bertz CT molecular complexity index is 1170. The van der Waals surface area contributed by atoms with Crippen molar-refractivity contribution in [3.05, 3.63) is 48.3 Å². The van der Waals surface area contributed by atoms with Crippen LogP contribution in [0.15, 0.2) is 47.5 Å². The summed E-state index contributed by atoms with van der Waals surface area (Å²) in [5.41, 5.74) is -0.573. The van der Waals surface area contributed by atoms with E-state index in [0.717, 1.165) is 23.2 Å². The van der Waals surface area contributed by atoms with Gasteiger partial charge in [0.2, 0.25) is 0 Å². The normalized spacial score (nSPS) is 14.1. The van der Waals surface area contributed by atoms with Crippen molar-refractivity contribution in [2.24, 2.45) is 0 Å². The van der Waals surface area contributed by atoms with Gasteiger partial charge < -0.3 is 9.47 Å². The minimum Gasteiger partial charge on any atom is -0.486 e. The lowest BCUT2D eigenvalue weighted by Gasteiger charge is -2.19. The van der Waals surface area contributed by atoms with Crippen LogP contribution in [0.25, 0.3) is 17.1 Å². The van der Waals surface area contributed by atoms with Crippen molar-refractivity contribution in [2.75, 3.05) is 19.5 Å². The second-order valence-electron chi connectivity index (χ2n) is 6.31.